The fourth-order valence-electron chi connectivity index (χ4n) is 2.46. The van der Waals surface area contributed by atoms with Crippen LogP contribution >= 0.6 is 0 Å². The molecule has 2 aromatic heterocycles. The molecule has 4 aromatic rings. The monoisotopic (exact) mass is 349 g/mol. The number of ether oxygens (including phenoxy) is 1. The first-order valence-corrected chi connectivity index (χ1v) is 8.16. The Morgan fingerprint density at radius 1 is 0.923 bits per heavy atom. The summed E-state index contributed by atoms with van der Waals surface area (Å²) >= 11 is 0. The maximum Gasteiger partial charge on any atom is 0.306 e. The Balaban J connectivity index is 1.29. The number of aromatic nitrogens is 3. The van der Waals surface area contributed by atoms with Crippen molar-refractivity contribution in [1.29, 1.82) is 0 Å². The van der Waals surface area contributed by atoms with Crippen LogP contribution in [0.3, 0.4) is 0 Å². The summed E-state index contributed by atoms with van der Waals surface area (Å²) in [5.41, 5.74) is 2.29. The summed E-state index contributed by atoms with van der Waals surface area (Å²) in [6.07, 6.45) is 0.527. The van der Waals surface area contributed by atoms with Crippen LogP contribution in [-0.2, 0) is 22.6 Å². The number of hydrogen-bond donors (Lipinski definition) is 0. The van der Waals surface area contributed by atoms with E-state index in [0.717, 1.165) is 11.1 Å². The highest BCUT2D eigenvalue weighted by atomic mass is 16.5. The Bertz CT molecular complexity index is 990. The second-order valence-electron chi connectivity index (χ2n) is 5.60. The van der Waals surface area contributed by atoms with Crippen molar-refractivity contribution in [2.75, 3.05) is 0 Å². The van der Waals surface area contributed by atoms with Gasteiger partial charge in [-0.05, 0) is 24.3 Å². The van der Waals surface area contributed by atoms with Crippen LogP contribution in [0.1, 0.15) is 18.2 Å². The summed E-state index contributed by atoms with van der Waals surface area (Å²) in [5, 5.41) is 7.84. The van der Waals surface area contributed by atoms with Crippen LogP contribution in [-0.4, -0.2) is 21.2 Å². The molecule has 0 bridgehead atoms. The molecule has 0 saturated carbocycles. The van der Waals surface area contributed by atoms with Crippen LogP contribution in [0, 0.1) is 0 Å². The van der Waals surface area contributed by atoms with Gasteiger partial charge in [0.25, 0.3) is 5.89 Å². The highest BCUT2D eigenvalue weighted by molar-refractivity contribution is 5.72. The molecule has 0 radical (unpaired) electrons. The molecular weight excluding hydrogens is 334 g/mol. The topological polar surface area (TPSA) is 91.2 Å². The molecule has 0 amide bonds. The fraction of sp³-hybridized carbons (Fsp3) is 0.158. The zero-order chi connectivity index (χ0) is 17.8. The minimum atomic E-state index is -0.383. The number of aryl methyl sites for hydroxylation is 1. The lowest BCUT2D eigenvalue weighted by Gasteiger charge is -2.00. The lowest BCUT2D eigenvalue weighted by atomic mass is 10.2. The minimum absolute atomic E-state index is 0.0633. The van der Waals surface area contributed by atoms with E-state index in [9.17, 15) is 4.79 Å². The summed E-state index contributed by atoms with van der Waals surface area (Å²) in [5.74, 6) is 0.765. The molecule has 0 spiro atoms. The Morgan fingerprint density at radius 2 is 1.73 bits per heavy atom. The summed E-state index contributed by atoms with van der Waals surface area (Å²) < 4.78 is 16.2. The molecule has 7 nitrogen and oxygen atoms in total. The molecule has 4 rings (SSSR count). The maximum absolute atomic E-state index is 11.9. The van der Waals surface area contributed by atoms with Gasteiger partial charge in [0.15, 0.2) is 18.1 Å². The van der Waals surface area contributed by atoms with E-state index in [2.05, 4.69) is 15.2 Å². The second-order valence-corrected chi connectivity index (χ2v) is 5.60. The first-order chi connectivity index (χ1) is 12.8. The molecule has 26 heavy (non-hydrogen) atoms. The van der Waals surface area contributed by atoms with Gasteiger partial charge in [-0.25, -0.2) is 4.98 Å². The van der Waals surface area contributed by atoms with Gasteiger partial charge in [-0.3, -0.25) is 4.79 Å². The molecule has 0 aliphatic heterocycles. The van der Waals surface area contributed by atoms with Crippen LogP contribution in [0.25, 0.3) is 22.6 Å². The average Bonchev–Trinajstić information content (AvgIpc) is 3.32. The van der Waals surface area contributed by atoms with Crippen LogP contribution in [0.2, 0.25) is 0 Å². The van der Waals surface area contributed by atoms with Crippen LogP contribution in [0.5, 0.6) is 0 Å². The number of para-hydroxylation sites is 2. The highest BCUT2D eigenvalue weighted by Crippen LogP contribution is 2.18. The van der Waals surface area contributed by atoms with Crippen molar-refractivity contribution in [2.24, 2.45) is 0 Å². The van der Waals surface area contributed by atoms with E-state index in [0.29, 0.717) is 23.8 Å². The van der Waals surface area contributed by atoms with E-state index in [1.165, 1.54) is 0 Å². The van der Waals surface area contributed by atoms with Crippen molar-refractivity contribution in [2.45, 2.75) is 19.4 Å². The fourth-order valence-corrected chi connectivity index (χ4v) is 2.46. The van der Waals surface area contributed by atoms with Crippen LogP contribution < -0.4 is 0 Å². The van der Waals surface area contributed by atoms with Gasteiger partial charge in [0, 0.05) is 12.0 Å². The molecule has 2 heterocycles. The van der Waals surface area contributed by atoms with E-state index in [-0.39, 0.29) is 24.9 Å². The first-order valence-electron chi connectivity index (χ1n) is 8.16. The van der Waals surface area contributed by atoms with E-state index >= 15 is 0 Å². The SMILES string of the molecule is O=C(CCc1nc2ccccc2o1)OCc1nnc(-c2ccccc2)o1. The van der Waals surface area contributed by atoms with Gasteiger partial charge >= 0.3 is 5.97 Å². The van der Waals surface area contributed by atoms with Crippen molar-refractivity contribution in [3.8, 4) is 11.5 Å². The van der Waals surface area contributed by atoms with E-state index in [1.807, 2.05) is 54.6 Å². The van der Waals surface area contributed by atoms with Gasteiger partial charge in [-0.1, -0.05) is 30.3 Å². The number of nitrogens with zero attached hydrogens (tertiary/aromatic N) is 3. The Labute approximate surface area is 148 Å². The smallest absolute Gasteiger partial charge is 0.306 e. The van der Waals surface area contributed by atoms with Gasteiger partial charge in [0.2, 0.25) is 5.89 Å². The quantitative estimate of drug-likeness (QED) is 0.492. The van der Waals surface area contributed by atoms with Gasteiger partial charge in [0.05, 0.1) is 6.42 Å². The van der Waals surface area contributed by atoms with E-state index in [4.69, 9.17) is 13.6 Å². The van der Waals surface area contributed by atoms with Crippen LogP contribution in [0.15, 0.2) is 63.4 Å². The number of esters is 1. The number of carbonyl (C=O) groups is 1. The summed E-state index contributed by atoms with van der Waals surface area (Å²) in [6.45, 7) is -0.0633. The molecule has 0 N–H and O–H groups in total. The molecule has 0 aliphatic rings. The number of rotatable bonds is 6. The maximum atomic E-state index is 11.9. The average molecular weight is 349 g/mol. The molecule has 130 valence electrons. The second kappa shape index (κ2) is 7.18. The zero-order valence-electron chi connectivity index (χ0n) is 13.8. The number of oxazole rings is 1. The van der Waals surface area contributed by atoms with Crippen LogP contribution in [0.4, 0.5) is 0 Å². The van der Waals surface area contributed by atoms with E-state index < -0.39 is 0 Å². The largest absolute Gasteiger partial charge is 0.456 e. The predicted octanol–water partition coefficient (Wildman–Crippen LogP) is 3.55. The summed E-state index contributed by atoms with van der Waals surface area (Å²) in [6, 6.07) is 16.9. The lowest BCUT2D eigenvalue weighted by Crippen LogP contribution is -2.06. The van der Waals surface area contributed by atoms with Crippen molar-refractivity contribution in [3.05, 3.63) is 66.4 Å². The molecule has 7 heteroatoms. The Morgan fingerprint density at radius 3 is 2.58 bits per heavy atom. The third-order valence-corrected chi connectivity index (χ3v) is 3.73. The van der Waals surface area contributed by atoms with Crippen molar-refractivity contribution < 1.29 is 18.4 Å². The third kappa shape index (κ3) is 3.61. The van der Waals surface area contributed by atoms with E-state index in [1.54, 1.807) is 0 Å². The Hall–Kier alpha value is -3.48. The Kier molecular flexibility index (Phi) is 4.42. The van der Waals surface area contributed by atoms with Gasteiger partial charge < -0.3 is 13.6 Å². The summed E-state index contributed by atoms with van der Waals surface area (Å²) in [7, 11) is 0. The molecule has 0 unspecified atom stereocenters. The molecule has 0 fully saturated rings. The van der Waals surface area contributed by atoms with Crippen molar-refractivity contribution >= 4 is 17.1 Å². The zero-order valence-corrected chi connectivity index (χ0v) is 13.8. The number of carbonyl (C=O) groups excluding carboxylic acids is 1. The molecular formula is C19H15N3O4. The predicted molar refractivity (Wildman–Crippen MR) is 91.9 cm³/mol. The van der Waals surface area contributed by atoms with Gasteiger partial charge in [-0.15, -0.1) is 10.2 Å². The molecule has 0 atom stereocenters. The minimum Gasteiger partial charge on any atom is -0.456 e. The standard InChI is InChI=1S/C19H15N3O4/c23-18(11-10-16-20-14-8-4-5-9-15(14)25-16)24-12-17-21-22-19(26-17)13-6-2-1-3-7-13/h1-9H,10-12H2. The van der Waals surface area contributed by atoms with Gasteiger partial charge in [-0.2, -0.15) is 0 Å². The molecule has 0 aliphatic carbocycles. The lowest BCUT2D eigenvalue weighted by molar-refractivity contribution is -0.145. The molecule has 0 saturated heterocycles. The highest BCUT2D eigenvalue weighted by Gasteiger charge is 2.12. The normalized spacial score (nSPS) is 10.9. The molecule has 2 aromatic carbocycles. The van der Waals surface area contributed by atoms with Crippen molar-refractivity contribution in [3.63, 3.8) is 0 Å². The van der Waals surface area contributed by atoms with Gasteiger partial charge in [0.1, 0.15) is 5.52 Å². The summed E-state index contributed by atoms with van der Waals surface area (Å²) in [4.78, 5) is 16.2. The number of hydrogen-bond acceptors (Lipinski definition) is 7. The third-order valence-electron chi connectivity index (χ3n) is 3.73. The first kappa shape index (κ1) is 16.0. The number of fused-ring (bicyclic) bond motifs is 1. The van der Waals surface area contributed by atoms with Crippen molar-refractivity contribution in [1.82, 2.24) is 15.2 Å². The number of benzene rings is 2.